The molecule has 3 aliphatic rings. The van der Waals surface area contributed by atoms with Crippen LogP contribution in [0.15, 0.2) is 107 Å². The molecule has 2 atom stereocenters. The highest BCUT2D eigenvalue weighted by atomic mass is 127. The summed E-state index contributed by atoms with van der Waals surface area (Å²) in [7, 11) is -10.2. The minimum atomic E-state index is -5.77. The van der Waals surface area contributed by atoms with Crippen molar-refractivity contribution in [3.8, 4) is 11.5 Å². The molecule has 0 radical (unpaired) electrons. The fourth-order valence-electron chi connectivity index (χ4n) is 7.01. The van der Waals surface area contributed by atoms with Gasteiger partial charge in [0.15, 0.2) is 16.5 Å². The summed E-state index contributed by atoms with van der Waals surface area (Å²) in [4.78, 5) is 11.9. The molecule has 8 rings (SSSR count). The largest absolute Gasteiger partial charge is 0.420 e. The summed E-state index contributed by atoms with van der Waals surface area (Å²) in [5, 5.41) is 0. The molecular weight excluding hydrogens is 815 g/mol. The number of carbonyl (C=O) groups is 1. The number of hydrogen-bond donors (Lipinski definition) is 1. The van der Waals surface area contributed by atoms with Crippen molar-refractivity contribution < 1.29 is 52.7 Å². The molecule has 50 heavy (non-hydrogen) atoms. The normalized spacial score (nSPS) is 19.4. The summed E-state index contributed by atoms with van der Waals surface area (Å²) >= 11 is 2.02. The van der Waals surface area contributed by atoms with Gasteiger partial charge in [-0.25, -0.2) is 8.78 Å². The fourth-order valence-corrected chi connectivity index (χ4v) is 8.95. The molecule has 0 heterocycles. The first-order valence-corrected chi connectivity index (χ1v) is 18.6. The topological polar surface area (TPSA) is 124 Å². The zero-order chi connectivity index (χ0) is 35.7. The number of esters is 1. The van der Waals surface area contributed by atoms with Crippen LogP contribution in [-0.4, -0.2) is 27.4 Å². The number of rotatable bonds is 7. The van der Waals surface area contributed by atoms with E-state index in [0.717, 1.165) is 14.7 Å². The maximum atomic E-state index is 15.2. The molecular formula is C35H21F4IO8S2. The Hall–Kier alpha value is -4.32. The van der Waals surface area contributed by atoms with Gasteiger partial charge in [-0.15, -0.1) is 0 Å². The lowest BCUT2D eigenvalue weighted by molar-refractivity contribution is -0.141. The Morgan fingerprint density at radius 2 is 1.10 bits per heavy atom. The number of benzene rings is 5. The van der Waals surface area contributed by atoms with E-state index in [-0.39, 0.29) is 16.2 Å². The third-order valence-electron chi connectivity index (χ3n) is 8.93. The molecule has 2 bridgehead atoms. The molecule has 15 heteroatoms. The lowest BCUT2D eigenvalue weighted by atomic mass is 9.53. The number of hydrogen-bond acceptors (Lipinski definition) is 7. The maximum Gasteiger partial charge on any atom is 0.339 e. The molecule has 0 amide bonds. The first-order valence-electron chi connectivity index (χ1n) is 14.7. The average Bonchev–Trinajstić information content (AvgIpc) is 3.08. The highest BCUT2D eigenvalue weighted by Gasteiger charge is 2.55. The van der Waals surface area contributed by atoms with Crippen molar-refractivity contribution in [3.05, 3.63) is 152 Å². The predicted octanol–water partition coefficient (Wildman–Crippen LogP) is 7.46. The summed E-state index contributed by atoms with van der Waals surface area (Å²) in [6.45, 7) is 0. The van der Waals surface area contributed by atoms with Crippen molar-refractivity contribution in [1.29, 1.82) is 0 Å². The Morgan fingerprint density at radius 3 is 1.60 bits per heavy atom. The zero-order valence-corrected chi connectivity index (χ0v) is 28.8. The van der Waals surface area contributed by atoms with Crippen LogP contribution in [0.2, 0.25) is 0 Å². The van der Waals surface area contributed by atoms with Crippen molar-refractivity contribution in [2.75, 3.05) is 0 Å². The standard InChI is InChI=1S/C35H21F4IO8S2/c36-29-31(38)34(49(42,43)44)32(39)30(37)33(29)47-35(41)28-26-21-9-3-1-7-19(21)25(20-8-2-4-10-22(20)26)27(28)23-11-5-6-12-24(23)48-50(45,46)18-15-13-17(40)14-16-18/h1-16,25-28H,(H,42,43,44). The second-order valence-corrected chi connectivity index (χ2v) is 15.8. The van der Waals surface area contributed by atoms with Gasteiger partial charge in [-0.2, -0.15) is 25.6 Å². The number of halogens is 5. The first kappa shape index (κ1) is 34.1. The maximum absolute atomic E-state index is 15.2. The smallest absolute Gasteiger partial charge is 0.339 e. The van der Waals surface area contributed by atoms with E-state index in [9.17, 15) is 35.0 Å². The average molecular weight is 837 g/mol. The Labute approximate surface area is 296 Å². The molecule has 5 aromatic carbocycles. The summed E-state index contributed by atoms with van der Waals surface area (Å²) in [5.41, 5.74) is 3.06. The molecule has 2 unspecified atom stereocenters. The fraction of sp³-hybridized carbons (Fsp3) is 0.114. The Balaban J connectivity index is 1.41. The van der Waals surface area contributed by atoms with Crippen LogP contribution in [-0.2, 0) is 25.0 Å². The molecule has 5 aromatic rings. The van der Waals surface area contributed by atoms with Crippen molar-refractivity contribution in [3.63, 3.8) is 0 Å². The quantitative estimate of drug-likeness (QED) is 0.0341. The monoisotopic (exact) mass is 836 g/mol. The molecule has 0 aliphatic heterocycles. The third-order valence-corrected chi connectivity index (χ3v) is 11.8. The highest BCUT2D eigenvalue weighted by molar-refractivity contribution is 14.1. The van der Waals surface area contributed by atoms with E-state index in [2.05, 4.69) is 0 Å². The molecule has 0 saturated heterocycles. The van der Waals surface area contributed by atoms with Gasteiger partial charge in [-0.1, -0.05) is 66.7 Å². The minimum Gasteiger partial charge on any atom is -0.420 e. The molecule has 0 saturated carbocycles. The molecule has 8 nitrogen and oxygen atoms in total. The lowest BCUT2D eigenvalue weighted by Gasteiger charge is -2.50. The van der Waals surface area contributed by atoms with Crippen LogP contribution in [0.1, 0.15) is 45.6 Å². The van der Waals surface area contributed by atoms with E-state index < -0.39 is 83.8 Å². The van der Waals surface area contributed by atoms with Gasteiger partial charge in [-0.05, 0) is 75.2 Å². The van der Waals surface area contributed by atoms with Crippen molar-refractivity contribution in [2.24, 2.45) is 5.92 Å². The highest BCUT2D eigenvalue weighted by Crippen LogP contribution is 2.63. The molecule has 3 aliphatic carbocycles. The Morgan fingerprint density at radius 1 is 0.640 bits per heavy atom. The van der Waals surface area contributed by atoms with Gasteiger partial charge >= 0.3 is 26.2 Å². The van der Waals surface area contributed by atoms with E-state index in [0.29, 0.717) is 11.1 Å². The molecule has 1 N–H and O–H groups in total. The van der Waals surface area contributed by atoms with Gasteiger partial charge in [0, 0.05) is 26.9 Å². The van der Waals surface area contributed by atoms with E-state index in [1.165, 1.54) is 30.3 Å². The van der Waals surface area contributed by atoms with Gasteiger partial charge < -0.3 is 8.92 Å². The second kappa shape index (κ2) is 12.5. The predicted molar refractivity (Wildman–Crippen MR) is 178 cm³/mol. The second-order valence-electron chi connectivity index (χ2n) is 11.6. The van der Waals surface area contributed by atoms with Gasteiger partial charge in [0.2, 0.25) is 17.4 Å². The van der Waals surface area contributed by atoms with Gasteiger partial charge in [0.25, 0.3) is 0 Å². The minimum absolute atomic E-state index is 0.145. The van der Waals surface area contributed by atoms with E-state index >= 15 is 8.78 Å². The molecule has 256 valence electrons. The van der Waals surface area contributed by atoms with Gasteiger partial charge in [0.05, 0.1) is 5.92 Å². The van der Waals surface area contributed by atoms with Crippen LogP contribution in [0.3, 0.4) is 0 Å². The summed E-state index contributed by atoms with van der Waals surface area (Å²) < 4.78 is 131. The van der Waals surface area contributed by atoms with Crippen LogP contribution in [0.4, 0.5) is 17.6 Å². The van der Waals surface area contributed by atoms with E-state index in [1.807, 2.05) is 34.7 Å². The Bertz CT molecular complexity index is 2360. The molecule has 0 aromatic heterocycles. The number of carbonyl (C=O) groups excluding carboxylic acids is 1. The lowest BCUT2D eigenvalue weighted by Crippen LogP contribution is -2.44. The van der Waals surface area contributed by atoms with Crippen LogP contribution < -0.4 is 8.92 Å². The van der Waals surface area contributed by atoms with Crippen molar-refractivity contribution in [1.82, 2.24) is 0 Å². The Kier molecular flexibility index (Phi) is 8.52. The first-order chi connectivity index (χ1) is 23.7. The van der Waals surface area contributed by atoms with Crippen LogP contribution >= 0.6 is 22.6 Å². The molecule has 0 spiro atoms. The number of para-hydroxylation sites is 1. The third kappa shape index (κ3) is 5.56. The SMILES string of the molecule is O=C(Oc1c(F)c(F)c(S(=O)(=O)O)c(F)c1F)C1C2c3ccccc3C(c3ccccc32)C1c1ccccc1OS(=O)(=O)c1ccc(I)cc1. The summed E-state index contributed by atoms with van der Waals surface area (Å²) in [6.07, 6.45) is 0. The zero-order valence-electron chi connectivity index (χ0n) is 25.1. The summed E-state index contributed by atoms with van der Waals surface area (Å²) in [6, 6.07) is 26.1. The van der Waals surface area contributed by atoms with Crippen molar-refractivity contribution >= 4 is 48.8 Å². The number of fused-ring (bicyclic) bond motifs is 1. The van der Waals surface area contributed by atoms with Crippen molar-refractivity contribution in [2.45, 2.75) is 27.5 Å². The van der Waals surface area contributed by atoms with E-state index in [1.54, 1.807) is 54.6 Å². The van der Waals surface area contributed by atoms with Crippen LogP contribution in [0, 0.1) is 32.8 Å². The van der Waals surface area contributed by atoms with E-state index in [4.69, 9.17) is 8.92 Å². The molecule has 0 fully saturated rings. The van der Waals surface area contributed by atoms with Gasteiger partial charge in [0.1, 0.15) is 10.6 Å². The number of ether oxygens (including phenoxy) is 1. The summed E-state index contributed by atoms with van der Waals surface area (Å²) in [5.74, 6) is -17.1. The van der Waals surface area contributed by atoms with Crippen LogP contribution in [0.5, 0.6) is 11.5 Å². The van der Waals surface area contributed by atoms with Gasteiger partial charge in [-0.3, -0.25) is 9.35 Å². The van der Waals surface area contributed by atoms with Crippen LogP contribution in [0.25, 0.3) is 0 Å².